The summed E-state index contributed by atoms with van der Waals surface area (Å²) in [6.45, 7) is 8.63. The van der Waals surface area contributed by atoms with Crippen molar-refractivity contribution >= 4 is 5.97 Å². The van der Waals surface area contributed by atoms with E-state index in [0.717, 1.165) is 44.9 Å². The van der Waals surface area contributed by atoms with Gasteiger partial charge >= 0.3 is 5.97 Å². The first-order chi connectivity index (χ1) is 11.9. The molecule has 0 aromatic rings. The maximum atomic E-state index is 12.8. The molecule has 0 radical (unpaired) electrons. The van der Waals surface area contributed by atoms with Crippen molar-refractivity contribution in [2.45, 2.75) is 90.3 Å². The monoisotopic (exact) mass is 352 g/mol. The van der Waals surface area contributed by atoms with Gasteiger partial charge in [0.25, 0.3) is 0 Å². The Bertz CT molecular complexity index is 534. The second kappa shape index (κ2) is 6.21. The van der Waals surface area contributed by atoms with Gasteiger partial charge in [0, 0.05) is 18.3 Å². The van der Waals surface area contributed by atoms with Crippen LogP contribution in [-0.2, 0) is 24.0 Å². The number of rotatable bonds is 4. The highest BCUT2D eigenvalue weighted by Gasteiger charge is 2.70. The third-order valence-electron chi connectivity index (χ3n) is 7.08. The fourth-order valence-electron chi connectivity index (χ4n) is 5.68. The van der Waals surface area contributed by atoms with Crippen LogP contribution >= 0.6 is 0 Å². The van der Waals surface area contributed by atoms with Crippen LogP contribution in [0.5, 0.6) is 0 Å². The van der Waals surface area contributed by atoms with Crippen LogP contribution in [0.15, 0.2) is 0 Å². The molecule has 0 aromatic heterocycles. The van der Waals surface area contributed by atoms with E-state index in [1.165, 1.54) is 0 Å². The molecule has 5 fully saturated rings. The molecular formula is C20H32O5. The topological polar surface area (TPSA) is 54.0 Å². The smallest absolute Gasteiger partial charge is 0.311 e. The second-order valence-electron chi connectivity index (χ2n) is 9.28. The predicted octanol–water partition coefficient (Wildman–Crippen LogP) is 4.20. The largest absolute Gasteiger partial charge is 0.432 e. The van der Waals surface area contributed by atoms with E-state index < -0.39 is 17.7 Å². The molecule has 142 valence electrons. The van der Waals surface area contributed by atoms with Crippen LogP contribution in [0.2, 0.25) is 0 Å². The molecule has 2 bridgehead atoms. The van der Waals surface area contributed by atoms with Gasteiger partial charge in [-0.3, -0.25) is 4.79 Å². The van der Waals surface area contributed by atoms with Gasteiger partial charge in [-0.1, -0.05) is 33.6 Å². The molecule has 1 aliphatic carbocycles. The molecule has 5 aliphatic rings. The first-order valence-corrected chi connectivity index (χ1v) is 10.1. The molecule has 4 aliphatic heterocycles. The standard InChI is InChI=1S/C20H32O5/c1-12(2)6-5-7-14-16-9-8-13(3)15-10-11-19(4)23-18(22-17(14)21)20(15,16)25-24-19/h12-16,18H,5-11H2,1-4H3/t13-,14-,15+,16?,18?,19?,20?/m1/s1. The van der Waals surface area contributed by atoms with Crippen molar-refractivity contribution in [3.63, 3.8) is 0 Å². The van der Waals surface area contributed by atoms with E-state index in [0.29, 0.717) is 17.8 Å². The third-order valence-corrected chi connectivity index (χ3v) is 7.08. The predicted molar refractivity (Wildman–Crippen MR) is 91.1 cm³/mol. The first kappa shape index (κ1) is 17.7. The van der Waals surface area contributed by atoms with Gasteiger partial charge in [0.1, 0.15) is 0 Å². The average Bonchev–Trinajstić information content (AvgIpc) is 2.77. The summed E-state index contributed by atoms with van der Waals surface area (Å²) in [5.74, 6) is 0.635. The number of hydrogen-bond donors (Lipinski definition) is 0. The van der Waals surface area contributed by atoms with Crippen molar-refractivity contribution in [3.8, 4) is 0 Å². The molecule has 5 nitrogen and oxygen atoms in total. The minimum absolute atomic E-state index is 0.0975. The summed E-state index contributed by atoms with van der Waals surface area (Å²) in [5.41, 5.74) is -0.621. The summed E-state index contributed by atoms with van der Waals surface area (Å²) in [5, 5.41) is 0. The van der Waals surface area contributed by atoms with Crippen LogP contribution < -0.4 is 0 Å². The summed E-state index contributed by atoms with van der Waals surface area (Å²) in [7, 11) is 0. The van der Waals surface area contributed by atoms with E-state index >= 15 is 0 Å². The molecule has 5 rings (SSSR count). The molecule has 0 amide bonds. The lowest BCUT2D eigenvalue weighted by Crippen LogP contribution is -2.70. The van der Waals surface area contributed by atoms with Gasteiger partial charge in [-0.2, -0.15) is 0 Å². The number of hydrogen-bond acceptors (Lipinski definition) is 5. The van der Waals surface area contributed by atoms with Crippen LogP contribution in [0.25, 0.3) is 0 Å². The Morgan fingerprint density at radius 2 is 1.96 bits per heavy atom. The Kier molecular flexibility index (Phi) is 4.41. The van der Waals surface area contributed by atoms with Gasteiger partial charge in [0.2, 0.25) is 12.1 Å². The zero-order valence-corrected chi connectivity index (χ0v) is 16.0. The summed E-state index contributed by atoms with van der Waals surface area (Å²) in [4.78, 5) is 24.7. The van der Waals surface area contributed by atoms with Crippen molar-refractivity contribution < 1.29 is 24.0 Å². The van der Waals surface area contributed by atoms with E-state index in [2.05, 4.69) is 20.8 Å². The van der Waals surface area contributed by atoms with Crippen LogP contribution in [0.3, 0.4) is 0 Å². The zero-order valence-electron chi connectivity index (χ0n) is 16.0. The van der Waals surface area contributed by atoms with Crippen LogP contribution in [0.1, 0.15) is 72.6 Å². The number of esters is 1. The summed E-state index contributed by atoms with van der Waals surface area (Å²) in [6, 6.07) is 0. The average molecular weight is 352 g/mol. The SMILES string of the molecule is CC(C)CCC[C@H]1C(=O)OC2OC3(C)CC[C@H]4[C@H](C)CCC1C24OO3. The molecule has 4 heterocycles. The van der Waals surface area contributed by atoms with Gasteiger partial charge in [0.05, 0.1) is 5.92 Å². The van der Waals surface area contributed by atoms with Gasteiger partial charge < -0.3 is 9.47 Å². The van der Waals surface area contributed by atoms with Crippen molar-refractivity contribution in [1.29, 1.82) is 0 Å². The summed E-state index contributed by atoms with van der Waals surface area (Å²) in [6.07, 6.45) is 6.34. The molecule has 0 aromatic carbocycles. The maximum Gasteiger partial charge on any atom is 0.311 e. The Balaban J connectivity index is 1.65. The van der Waals surface area contributed by atoms with E-state index in [-0.39, 0.29) is 17.8 Å². The molecule has 1 saturated carbocycles. The quantitative estimate of drug-likeness (QED) is 0.560. The van der Waals surface area contributed by atoms with Gasteiger partial charge in [0.15, 0.2) is 5.60 Å². The summed E-state index contributed by atoms with van der Waals surface area (Å²) < 4.78 is 12.0. The highest BCUT2D eigenvalue weighted by molar-refractivity contribution is 5.74. The molecule has 0 N–H and O–H groups in total. The van der Waals surface area contributed by atoms with E-state index in [1.807, 2.05) is 6.92 Å². The third kappa shape index (κ3) is 2.74. The minimum atomic E-state index is -0.803. The fourth-order valence-corrected chi connectivity index (χ4v) is 5.68. The molecule has 4 saturated heterocycles. The maximum absolute atomic E-state index is 12.8. The lowest BCUT2D eigenvalue weighted by atomic mass is 9.57. The molecular weight excluding hydrogens is 320 g/mol. The van der Waals surface area contributed by atoms with Crippen molar-refractivity contribution in [3.05, 3.63) is 0 Å². The van der Waals surface area contributed by atoms with Crippen LogP contribution in [-0.4, -0.2) is 23.6 Å². The highest BCUT2D eigenvalue weighted by atomic mass is 17.3. The second-order valence-corrected chi connectivity index (χ2v) is 9.28. The van der Waals surface area contributed by atoms with E-state index in [4.69, 9.17) is 19.2 Å². The van der Waals surface area contributed by atoms with E-state index in [1.54, 1.807) is 0 Å². The lowest BCUT2D eigenvalue weighted by molar-refractivity contribution is -0.559. The number of ether oxygens (including phenoxy) is 2. The van der Waals surface area contributed by atoms with Gasteiger partial charge in [-0.25, -0.2) is 9.78 Å². The Hall–Kier alpha value is -0.650. The molecule has 5 heteroatoms. The van der Waals surface area contributed by atoms with Crippen LogP contribution in [0, 0.1) is 29.6 Å². The molecule has 4 unspecified atom stereocenters. The molecule has 25 heavy (non-hydrogen) atoms. The number of fused-ring (bicyclic) bond motifs is 2. The number of carbonyl (C=O) groups excluding carboxylic acids is 1. The first-order valence-electron chi connectivity index (χ1n) is 10.1. The molecule has 7 atom stereocenters. The summed E-state index contributed by atoms with van der Waals surface area (Å²) >= 11 is 0. The molecule has 1 spiro atoms. The van der Waals surface area contributed by atoms with E-state index in [9.17, 15) is 4.79 Å². The van der Waals surface area contributed by atoms with Crippen molar-refractivity contribution in [2.75, 3.05) is 0 Å². The Morgan fingerprint density at radius 3 is 2.72 bits per heavy atom. The lowest BCUT2D eigenvalue weighted by Gasteiger charge is -2.58. The number of carbonyl (C=O) groups is 1. The Morgan fingerprint density at radius 1 is 1.16 bits per heavy atom. The normalized spacial score (nSPS) is 48.8. The van der Waals surface area contributed by atoms with Crippen LogP contribution in [0.4, 0.5) is 0 Å². The van der Waals surface area contributed by atoms with Gasteiger partial charge in [-0.05, 0) is 44.4 Å². The van der Waals surface area contributed by atoms with Crippen molar-refractivity contribution in [2.24, 2.45) is 29.6 Å². The fraction of sp³-hybridized carbons (Fsp3) is 0.950. The Labute approximate surface area is 150 Å². The highest BCUT2D eigenvalue weighted by Crippen LogP contribution is 2.60. The minimum Gasteiger partial charge on any atom is -0.432 e. The van der Waals surface area contributed by atoms with Gasteiger partial charge in [-0.15, -0.1) is 0 Å². The van der Waals surface area contributed by atoms with Crippen molar-refractivity contribution in [1.82, 2.24) is 0 Å². The zero-order chi connectivity index (χ0) is 17.8.